The number of nitrogens with zero attached hydrogens (tertiary/aromatic N) is 4. The molecule has 5 aromatic rings. The van der Waals surface area contributed by atoms with E-state index in [0.717, 1.165) is 0 Å². The largest absolute Gasteiger partial charge is 0.394 e. The van der Waals surface area contributed by atoms with Gasteiger partial charge < -0.3 is 20.5 Å². The zero-order valence-corrected chi connectivity index (χ0v) is 25.4. The van der Waals surface area contributed by atoms with Gasteiger partial charge in [-0.15, -0.1) is 0 Å². The van der Waals surface area contributed by atoms with E-state index in [2.05, 4.69) is 20.9 Å². The fraction of sp³-hybridized carbons (Fsp3) is 0.188. The minimum absolute atomic E-state index is 0.0469. The van der Waals surface area contributed by atoms with E-state index in [-0.39, 0.29) is 28.2 Å². The molecule has 0 aliphatic heterocycles. The van der Waals surface area contributed by atoms with Crippen molar-refractivity contribution in [2.75, 3.05) is 12.4 Å². The van der Waals surface area contributed by atoms with E-state index in [1.807, 2.05) is 6.92 Å². The van der Waals surface area contributed by atoms with E-state index in [1.54, 1.807) is 81.2 Å². The number of aryl methyl sites for hydroxylation is 4. The molecular weight excluding hydrogens is 576 g/mol. The Labute approximate surface area is 257 Å². The van der Waals surface area contributed by atoms with Gasteiger partial charge in [-0.1, -0.05) is 18.2 Å². The predicted molar refractivity (Wildman–Crippen MR) is 171 cm³/mol. The Balaban J connectivity index is 1.51. The van der Waals surface area contributed by atoms with Crippen molar-refractivity contribution in [1.82, 2.24) is 29.7 Å². The van der Waals surface area contributed by atoms with Crippen LogP contribution in [0.2, 0.25) is 0 Å². The van der Waals surface area contributed by atoms with Gasteiger partial charge in [-0.25, -0.2) is 9.67 Å². The number of carbonyl (C=O) groups is 2. The summed E-state index contributed by atoms with van der Waals surface area (Å²) in [5.41, 5.74) is 2.50. The molecule has 45 heavy (non-hydrogen) atoms. The average molecular weight is 609 g/mol. The summed E-state index contributed by atoms with van der Waals surface area (Å²) in [5, 5.41) is 16.2. The van der Waals surface area contributed by atoms with Crippen LogP contribution in [0.15, 0.2) is 81.0 Å². The van der Waals surface area contributed by atoms with Crippen LogP contribution >= 0.6 is 0 Å². The molecule has 13 nitrogen and oxygen atoms in total. The minimum atomic E-state index is -0.563. The summed E-state index contributed by atoms with van der Waals surface area (Å²) in [6.07, 6.45) is 2.91. The van der Waals surface area contributed by atoms with Crippen molar-refractivity contribution in [3.63, 3.8) is 0 Å². The maximum absolute atomic E-state index is 13.8. The van der Waals surface area contributed by atoms with Crippen LogP contribution in [0.3, 0.4) is 0 Å². The molecule has 0 atom stereocenters. The van der Waals surface area contributed by atoms with Crippen LogP contribution in [0.1, 0.15) is 39.2 Å². The Hall–Kier alpha value is -5.98. The number of carbonyl (C=O) groups excluding carboxylic acids is 2. The average Bonchev–Trinajstić information content (AvgIpc) is 3.45. The third kappa shape index (κ3) is 5.83. The number of nitrogens with one attached hydrogen (secondary N) is 4. The van der Waals surface area contributed by atoms with E-state index in [0.29, 0.717) is 51.4 Å². The summed E-state index contributed by atoms with van der Waals surface area (Å²) in [4.78, 5) is 57.1. The number of pyridine rings is 1. The zero-order valence-electron chi connectivity index (χ0n) is 25.4. The van der Waals surface area contributed by atoms with Gasteiger partial charge in [-0.2, -0.15) is 4.74 Å². The molecule has 5 rings (SSSR count). The highest BCUT2D eigenvalue weighted by atomic mass is 16.5. The lowest BCUT2D eigenvalue weighted by Gasteiger charge is -2.13. The Morgan fingerprint density at radius 3 is 2.40 bits per heavy atom. The highest BCUT2D eigenvalue weighted by Gasteiger charge is 2.23. The Morgan fingerprint density at radius 2 is 1.76 bits per heavy atom. The monoisotopic (exact) mass is 608 g/mol. The van der Waals surface area contributed by atoms with Gasteiger partial charge in [0, 0.05) is 37.6 Å². The van der Waals surface area contributed by atoms with Crippen molar-refractivity contribution in [2.45, 2.75) is 27.3 Å². The molecule has 0 saturated heterocycles. The van der Waals surface area contributed by atoms with E-state index in [9.17, 15) is 19.2 Å². The smallest absolute Gasteiger partial charge is 0.290 e. The van der Waals surface area contributed by atoms with Crippen LogP contribution in [0.4, 0.5) is 5.69 Å². The van der Waals surface area contributed by atoms with Crippen molar-refractivity contribution in [2.24, 2.45) is 7.05 Å². The van der Waals surface area contributed by atoms with Gasteiger partial charge in [-0.3, -0.25) is 29.3 Å². The number of rotatable bonds is 8. The maximum atomic E-state index is 13.8. The number of fused-ring (bicyclic) bond motifs is 1. The summed E-state index contributed by atoms with van der Waals surface area (Å²) in [6, 6.07) is 14.9. The molecule has 4 N–H and O–H groups in total. The first-order chi connectivity index (χ1) is 21.5. The number of hydrogen-bond acceptors (Lipinski definition) is 8. The lowest BCUT2D eigenvalue weighted by Crippen LogP contribution is -2.28. The molecule has 0 unspecified atom stereocenters. The third-order valence-electron chi connectivity index (χ3n) is 7.13. The van der Waals surface area contributed by atoms with Gasteiger partial charge in [0.1, 0.15) is 17.1 Å². The highest BCUT2D eigenvalue weighted by molar-refractivity contribution is 6.12. The maximum Gasteiger partial charge on any atom is 0.290 e. The molecule has 0 saturated carbocycles. The number of aromatic nitrogens is 4. The fourth-order valence-corrected chi connectivity index (χ4v) is 5.16. The molecule has 0 aliphatic carbocycles. The molecule has 0 spiro atoms. The number of amides is 2. The molecule has 0 bridgehead atoms. The lowest BCUT2D eigenvalue weighted by molar-refractivity contribution is 0.0974. The van der Waals surface area contributed by atoms with Crippen LogP contribution in [-0.4, -0.2) is 43.8 Å². The number of benzene rings is 2. The van der Waals surface area contributed by atoms with Gasteiger partial charge in [0.25, 0.3) is 22.9 Å². The Kier molecular flexibility index (Phi) is 8.35. The zero-order chi connectivity index (χ0) is 32.4. The Morgan fingerprint density at radius 1 is 1.02 bits per heavy atom. The molecule has 2 aromatic carbocycles. The quantitative estimate of drug-likeness (QED) is 0.154. The second-order valence-electron chi connectivity index (χ2n) is 10.2. The Bertz CT molecular complexity index is 2110. The number of anilines is 1. The van der Waals surface area contributed by atoms with Crippen LogP contribution in [0, 0.1) is 19.3 Å². The molecular formula is C32H32N8O5. The van der Waals surface area contributed by atoms with Crippen molar-refractivity contribution in [1.29, 1.82) is 5.41 Å². The van der Waals surface area contributed by atoms with Crippen LogP contribution in [0.5, 0.6) is 0 Å². The third-order valence-corrected chi connectivity index (χ3v) is 7.13. The first-order valence-electron chi connectivity index (χ1n) is 14.1. The van der Waals surface area contributed by atoms with Crippen LogP contribution in [0.25, 0.3) is 27.7 Å². The summed E-state index contributed by atoms with van der Waals surface area (Å²) in [5.74, 6) is -0.696. The van der Waals surface area contributed by atoms with Crippen molar-refractivity contribution in [3.05, 3.63) is 110 Å². The van der Waals surface area contributed by atoms with Crippen LogP contribution in [-0.2, 0) is 13.6 Å². The first-order valence-corrected chi connectivity index (χ1v) is 14.1. The summed E-state index contributed by atoms with van der Waals surface area (Å²) >= 11 is 0. The van der Waals surface area contributed by atoms with Gasteiger partial charge in [0.05, 0.1) is 16.6 Å². The first kappa shape index (κ1) is 30.5. The molecule has 13 heteroatoms. The van der Waals surface area contributed by atoms with E-state index in [1.165, 1.54) is 27.8 Å². The lowest BCUT2D eigenvalue weighted by atomic mass is 10.1. The standard InChI is InChI=1S/C32H32N8O5/c1-6-39-28-24(31(43)40(39)23-12-10-20(11-13-23)26-19(3)45-38(5)32(26)44)16-18(2)35-27(28)30(42)36-22-9-7-8-21(17-22)29(41)37-25(33)14-15-34-4/h7-17,34H,6H2,1-5H3,(H,36,42)(H2,33,37,41)/b15-14-. The molecule has 3 heterocycles. The second kappa shape index (κ2) is 12.3. The summed E-state index contributed by atoms with van der Waals surface area (Å²) in [6.45, 7) is 5.62. The summed E-state index contributed by atoms with van der Waals surface area (Å²) < 4.78 is 9.75. The summed E-state index contributed by atoms with van der Waals surface area (Å²) in [7, 11) is 3.22. The predicted octanol–water partition coefficient (Wildman–Crippen LogP) is 3.48. The van der Waals surface area contributed by atoms with E-state index >= 15 is 0 Å². The minimum Gasteiger partial charge on any atom is -0.394 e. The SMILES string of the molecule is CCn1c2c(C(=O)Nc3cccc(C(=O)NC(=N)/C=C\NC)c3)nc(C)cc2c(=O)n1-c1ccc(-c2c(C)on(C)c2=O)cc1. The van der Waals surface area contributed by atoms with Crippen LogP contribution < -0.4 is 27.1 Å². The molecule has 230 valence electrons. The number of amidine groups is 1. The fourth-order valence-electron chi connectivity index (χ4n) is 5.16. The van der Waals surface area contributed by atoms with Gasteiger partial charge in [-0.05, 0) is 75.0 Å². The van der Waals surface area contributed by atoms with Crippen molar-refractivity contribution >= 4 is 34.2 Å². The second-order valence-corrected chi connectivity index (χ2v) is 10.2. The van der Waals surface area contributed by atoms with Gasteiger partial charge >= 0.3 is 0 Å². The topological polar surface area (TPSA) is 169 Å². The van der Waals surface area contributed by atoms with Crippen molar-refractivity contribution in [3.8, 4) is 16.8 Å². The molecule has 3 aromatic heterocycles. The number of hydrogen-bond donors (Lipinski definition) is 4. The molecule has 0 aliphatic rings. The molecule has 0 fully saturated rings. The molecule has 2 amide bonds. The van der Waals surface area contributed by atoms with Gasteiger partial charge in [0.15, 0.2) is 5.69 Å². The normalized spacial score (nSPS) is 11.2. The van der Waals surface area contributed by atoms with Gasteiger partial charge in [0.2, 0.25) is 0 Å². The van der Waals surface area contributed by atoms with Crippen molar-refractivity contribution < 1.29 is 14.1 Å². The van der Waals surface area contributed by atoms with E-state index in [4.69, 9.17) is 9.93 Å². The van der Waals surface area contributed by atoms with E-state index < -0.39 is 11.8 Å². The molecule has 0 radical (unpaired) electrons. The highest BCUT2D eigenvalue weighted by Crippen LogP contribution is 2.24.